The first kappa shape index (κ1) is 16.1. The molecule has 0 saturated heterocycles. The summed E-state index contributed by atoms with van der Waals surface area (Å²) in [6, 6.07) is 0. The molecule has 1 amide bonds. The highest BCUT2D eigenvalue weighted by Gasteiger charge is 2.16. The Morgan fingerprint density at radius 3 is 2.58 bits per heavy atom. The van der Waals surface area contributed by atoms with Crippen LogP contribution in [-0.4, -0.2) is 24.3 Å². The third-order valence-electron chi connectivity index (χ3n) is 2.43. The number of hydrogen-bond acceptors (Lipinski definition) is 5. The molecule has 108 valence electrons. The van der Waals surface area contributed by atoms with Crippen molar-refractivity contribution in [2.45, 2.75) is 30.6 Å². The van der Waals surface area contributed by atoms with E-state index in [0.717, 1.165) is 19.4 Å². The summed E-state index contributed by atoms with van der Waals surface area (Å²) in [7, 11) is 1.87. The van der Waals surface area contributed by atoms with E-state index >= 15 is 0 Å². The minimum absolute atomic E-state index is 0.0296. The molecule has 0 bridgehead atoms. The van der Waals surface area contributed by atoms with E-state index < -0.39 is 16.6 Å². The van der Waals surface area contributed by atoms with Crippen molar-refractivity contribution < 1.29 is 13.6 Å². The Hall–Kier alpha value is -0.980. The van der Waals surface area contributed by atoms with Crippen LogP contribution >= 0.6 is 23.2 Å². The molecule has 0 radical (unpaired) electrons. The average Bonchev–Trinajstić information content (AvgIpc) is 2.72. The van der Waals surface area contributed by atoms with E-state index in [0.29, 0.717) is 17.9 Å². The highest BCUT2D eigenvalue weighted by Crippen LogP contribution is 2.11. The average molecular weight is 311 g/mol. The first-order valence-electron chi connectivity index (χ1n) is 5.86. The van der Waals surface area contributed by atoms with Crippen LogP contribution in [0.4, 0.5) is 0 Å². The zero-order chi connectivity index (χ0) is 14.3. The number of carbonyl (C=O) groups is 1. The first-order valence-corrected chi connectivity index (χ1v) is 6.74. The lowest BCUT2D eigenvalue weighted by atomic mass is 10.2. The van der Waals surface area contributed by atoms with Crippen molar-refractivity contribution in [1.29, 1.82) is 0 Å². The zero-order valence-electron chi connectivity index (χ0n) is 10.5. The van der Waals surface area contributed by atoms with Gasteiger partial charge in [-0.1, -0.05) is 23.2 Å². The first-order chi connectivity index (χ1) is 9.04. The van der Waals surface area contributed by atoms with Gasteiger partial charge in [0.05, 0.1) is 6.54 Å². The minimum Gasteiger partial charge on any atom is -0.396 e. The number of carbonyl (C=O) groups excluding carboxylic acids is 1. The molecule has 0 aliphatic rings. The fourth-order valence-corrected chi connectivity index (χ4v) is 1.65. The Morgan fingerprint density at radius 1 is 1.26 bits per heavy atom. The van der Waals surface area contributed by atoms with Crippen LogP contribution in [-0.2, 0) is 17.8 Å². The van der Waals surface area contributed by atoms with Gasteiger partial charge >= 0.3 is 5.82 Å². The Balaban J connectivity index is 2.53. The fraction of sp³-hybridized carbons (Fsp3) is 0.636. The second kappa shape index (κ2) is 8.24. The number of hydrogen-bond donors (Lipinski definition) is 2. The van der Waals surface area contributed by atoms with Gasteiger partial charge in [-0.2, -0.15) is 0 Å². The maximum Gasteiger partial charge on any atom is 0.519 e. The van der Waals surface area contributed by atoms with Gasteiger partial charge < -0.3 is 19.5 Å². The zero-order valence-corrected chi connectivity index (χ0v) is 12.0. The molecule has 0 aliphatic carbocycles. The quantitative estimate of drug-likeness (QED) is 0.556. The molecule has 0 unspecified atom stereocenters. The van der Waals surface area contributed by atoms with Crippen molar-refractivity contribution >= 4 is 29.1 Å². The molecule has 0 aliphatic heterocycles. The van der Waals surface area contributed by atoms with E-state index in [2.05, 4.69) is 10.6 Å². The minimum atomic E-state index is -1.15. The normalized spacial score (nSPS) is 10.9. The van der Waals surface area contributed by atoms with Crippen molar-refractivity contribution in [3.05, 3.63) is 22.1 Å². The second-order valence-corrected chi connectivity index (χ2v) is 4.98. The number of amides is 1. The smallest absolute Gasteiger partial charge is 0.396 e. The van der Waals surface area contributed by atoms with E-state index in [4.69, 9.17) is 32.0 Å². The summed E-state index contributed by atoms with van der Waals surface area (Å²) in [6.07, 6.45) is 2.37. The number of rotatable bonds is 8. The van der Waals surface area contributed by atoms with Crippen LogP contribution in [0.15, 0.2) is 13.6 Å². The third-order valence-corrected chi connectivity index (χ3v) is 2.82. The van der Waals surface area contributed by atoms with Crippen molar-refractivity contribution in [3.8, 4) is 0 Å². The summed E-state index contributed by atoms with van der Waals surface area (Å²) < 4.78 is 9.79. The van der Waals surface area contributed by atoms with Gasteiger partial charge in [-0.15, -0.1) is 0 Å². The van der Waals surface area contributed by atoms with Gasteiger partial charge in [0.25, 0.3) is 5.91 Å². The molecular formula is C11H16Cl2N2O4. The summed E-state index contributed by atoms with van der Waals surface area (Å²) in [5.41, 5.74) is 0. The molecule has 8 heteroatoms. The van der Waals surface area contributed by atoms with Gasteiger partial charge in [0, 0.05) is 6.42 Å². The Morgan fingerprint density at radius 2 is 1.95 bits per heavy atom. The van der Waals surface area contributed by atoms with Crippen molar-refractivity contribution in [2.24, 2.45) is 0 Å². The van der Waals surface area contributed by atoms with E-state index in [1.165, 1.54) is 0 Å². The summed E-state index contributed by atoms with van der Waals surface area (Å²) in [4.78, 5) is 21.1. The largest absolute Gasteiger partial charge is 0.519 e. The maximum absolute atomic E-state index is 11.2. The van der Waals surface area contributed by atoms with Gasteiger partial charge in [0.1, 0.15) is 0 Å². The van der Waals surface area contributed by atoms with Crippen LogP contribution in [0.1, 0.15) is 24.4 Å². The van der Waals surface area contributed by atoms with Gasteiger partial charge in [0.2, 0.25) is 0 Å². The summed E-state index contributed by atoms with van der Waals surface area (Å²) in [6.45, 7) is 0.913. The monoisotopic (exact) mass is 310 g/mol. The molecule has 1 aromatic heterocycles. The van der Waals surface area contributed by atoms with E-state index in [1.807, 2.05) is 7.05 Å². The van der Waals surface area contributed by atoms with E-state index in [9.17, 15) is 9.59 Å². The number of nitrogens with one attached hydrogen (secondary N) is 2. The number of aryl methyl sites for hydroxylation is 1. The Labute approximate surface area is 120 Å². The second-order valence-electron chi connectivity index (χ2n) is 3.88. The maximum atomic E-state index is 11.2. The topological polar surface area (TPSA) is 84.5 Å². The van der Waals surface area contributed by atoms with Gasteiger partial charge in [-0.25, -0.2) is 4.79 Å². The number of unbranched alkanes of at least 4 members (excludes halogenated alkanes) is 1. The van der Waals surface area contributed by atoms with Crippen molar-refractivity contribution in [2.75, 3.05) is 13.6 Å². The summed E-state index contributed by atoms with van der Waals surface area (Å²) in [5.74, 6) is -0.576. The number of alkyl halides is 2. The molecule has 0 fully saturated rings. The highest BCUT2D eigenvalue weighted by molar-refractivity contribution is 6.53. The summed E-state index contributed by atoms with van der Waals surface area (Å²) >= 11 is 10.8. The van der Waals surface area contributed by atoms with Crippen LogP contribution in [0.25, 0.3) is 0 Å². The fourth-order valence-electron chi connectivity index (χ4n) is 1.49. The lowest BCUT2D eigenvalue weighted by Gasteiger charge is -2.04. The molecule has 0 aromatic carbocycles. The van der Waals surface area contributed by atoms with Crippen LogP contribution in [0.3, 0.4) is 0 Å². The summed E-state index contributed by atoms with van der Waals surface area (Å²) in [5, 5.41) is 5.47. The van der Waals surface area contributed by atoms with E-state index in [1.54, 1.807) is 0 Å². The Kier molecular flexibility index (Phi) is 6.97. The van der Waals surface area contributed by atoms with Crippen LogP contribution in [0, 0.1) is 0 Å². The Bertz CT molecular complexity index is 456. The molecule has 0 atom stereocenters. The van der Waals surface area contributed by atoms with Crippen LogP contribution in [0.5, 0.6) is 0 Å². The molecule has 1 rings (SSSR count). The lowest BCUT2D eigenvalue weighted by Crippen LogP contribution is -2.28. The molecule has 19 heavy (non-hydrogen) atoms. The van der Waals surface area contributed by atoms with Crippen molar-refractivity contribution in [3.63, 3.8) is 0 Å². The molecular weight excluding hydrogens is 295 g/mol. The van der Waals surface area contributed by atoms with E-state index in [-0.39, 0.29) is 6.54 Å². The molecule has 6 nitrogen and oxygen atoms in total. The predicted molar refractivity (Wildman–Crippen MR) is 71.4 cm³/mol. The molecule has 0 spiro atoms. The van der Waals surface area contributed by atoms with Gasteiger partial charge in [0.15, 0.2) is 16.4 Å². The SMILES string of the molecule is CNCCCCc1oc(=O)oc1CNC(=O)C(Cl)Cl. The lowest BCUT2D eigenvalue weighted by molar-refractivity contribution is -0.119. The molecule has 0 saturated carbocycles. The number of halogens is 2. The molecule has 1 aromatic rings. The van der Waals surface area contributed by atoms with Gasteiger partial charge in [-0.05, 0) is 26.4 Å². The predicted octanol–water partition coefficient (Wildman–Crippen LogP) is 1.19. The standard InChI is InChI=1S/C11H16Cl2N2O4/c1-14-5-3-2-4-7-8(19-11(17)18-7)6-15-10(16)9(12)13/h9,14H,2-6H2,1H3,(H,15,16). The van der Waals surface area contributed by atoms with Crippen molar-refractivity contribution in [1.82, 2.24) is 10.6 Å². The van der Waals surface area contributed by atoms with Crippen LogP contribution < -0.4 is 16.5 Å². The highest BCUT2D eigenvalue weighted by atomic mass is 35.5. The molecule has 1 heterocycles. The van der Waals surface area contributed by atoms with Crippen LogP contribution in [0.2, 0.25) is 0 Å². The van der Waals surface area contributed by atoms with Gasteiger partial charge in [-0.3, -0.25) is 4.79 Å². The third kappa shape index (κ3) is 5.67. The molecule has 2 N–H and O–H groups in total.